The number of hydrogen-bond acceptors (Lipinski definition) is 6. The fraction of sp³-hybridized carbons (Fsp3) is 0.273. The van der Waals surface area contributed by atoms with Crippen molar-refractivity contribution in [2.75, 3.05) is 19.0 Å². The predicted molar refractivity (Wildman–Crippen MR) is 66.9 cm³/mol. The maximum Gasteiger partial charge on any atom is 0.356 e. The van der Waals surface area contributed by atoms with E-state index in [2.05, 4.69) is 15.3 Å². The summed E-state index contributed by atoms with van der Waals surface area (Å²) >= 11 is 0. The molecule has 2 aromatic heterocycles. The lowest BCUT2D eigenvalue weighted by molar-refractivity contribution is -0.385. The maximum atomic E-state index is 11.1. The first-order valence-electron chi connectivity index (χ1n) is 5.42. The van der Waals surface area contributed by atoms with Gasteiger partial charge in [0.25, 0.3) is 5.88 Å². The molecule has 0 amide bonds. The molecule has 1 N–H and O–H groups in total. The van der Waals surface area contributed by atoms with Gasteiger partial charge in [-0.15, -0.1) is 0 Å². The van der Waals surface area contributed by atoms with Crippen molar-refractivity contribution in [1.29, 1.82) is 0 Å². The average Bonchev–Trinajstić information content (AvgIpc) is 2.37. The van der Waals surface area contributed by atoms with Gasteiger partial charge in [0, 0.05) is 13.2 Å². The van der Waals surface area contributed by atoms with Gasteiger partial charge in [-0.2, -0.15) is 0 Å². The van der Waals surface area contributed by atoms with Gasteiger partial charge in [-0.1, -0.05) is 0 Å². The highest BCUT2D eigenvalue weighted by Crippen LogP contribution is 2.37. The van der Waals surface area contributed by atoms with E-state index < -0.39 is 4.92 Å². The zero-order valence-electron chi connectivity index (χ0n) is 10.0. The highest BCUT2D eigenvalue weighted by atomic mass is 16.6. The van der Waals surface area contributed by atoms with Crippen molar-refractivity contribution in [2.45, 2.75) is 6.92 Å². The molecule has 0 aliphatic heterocycles. The van der Waals surface area contributed by atoms with Crippen LogP contribution >= 0.6 is 0 Å². The molecule has 7 heteroatoms. The molecule has 2 aromatic rings. The Bertz CT molecular complexity index is 600. The number of rotatable bonds is 4. The molecule has 0 saturated heterocycles. The minimum Gasteiger partial charge on any atom is -0.473 e. The van der Waals surface area contributed by atoms with Gasteiger partial charge >= 0.3 is 5.69 Å². The summed E-state index contributed by atoms with van der Waals surface area (Å²) in [7, 11) is 1.60. The minimum atomic E-state index is -0.516. The van der Waals surface area contributed by atoms with Gasteiger partial charge in [0.15, 0.2) is 0 Å². The first-order chi connectivity index (χ1) is 8.69. The van der Waals surface area contributed by atoms with Crippen molar-refractivity contribution < 1.29 is 9.66 Å². The van der Waals surface area contributed by atoms with Crippen LogP contribution in [0.15, 0.2) is 18.3 Å². The molecular weight excluding hydrogens is 236 g/mol. The Balaban J connectivity index is 2.82. The van der Waals surface area contributed by atoms with Crippen LogP contribution in [0.1, 0.15) is 6.92 Å². The van der Waals surface area contributed by atoms with Crippen LogP contribution in [-0.4, -0.2) is 28.5 Å². The number of pyridine rings is 2. The minimum absolute atomic E-state index is 0.00681. The van der Waals surface area contributed by atoms with E-state index in [-0.39, 0.29) is 11.6 Å². The molecule has 2 rings (SSSR count). The zero-order chi connectivity index (χ0) is 13.1. The molecule has 94 valence electrons. The molecule has 0 aromatic carbocycles. The van der Waals surface area contributed by atoms with E-state index in [1.807, 2.05) is 0 Å². The zero-order valence-corrected chi connectivity index (χ0v) is 10.0. The Hall–Kier alpha value is -2.44. The van der Waals surface area contributed by atoms with Gasteiger partial charge < -0.3 is 10.1 Å². The quantitative estimate of drug-likeness (QED) is 0.657. The Labute approximate surface area is 103 Å². The lowest BCUT2D eigenvalue weighted by Gasteiger charge is -2.09. The van der Waals surface area contributed by atoms with Crippen molar-refractivity contribution in [2.24, 2.45) is 0 Å². The molecule has 0 atom stereocenters. The van der Waals surface area contributed by atoms with Crippen LogP contribution in [0.5, 0.6) is 5.88 Å². The molecule has 0 radical (unpaired) electrons. The van der Waals surface area contributed by atoms with Gasteiger partial charge in [-0.25, -0.2) is 4.98 Å². The Morgan fingerprint density at radius 1 is 1.56 bits per heavy atom. The average molecular weight is 248 g/mol. The summed E-state index contributed by atoms with van der Waals surface area (Å²) < 4.78 is 5.23. The highest BCUT2D eigenvalue weighted by Gasteiger charge is 2.26. The predicted octanol–water partition coefficient (Wildman–Crippen LogP) is 1.98. The third-order valence-electron chi connectivity index (χ3n) is 2.40. The number of hydrogen-bond donors (Lipinski definition) is 1. The molecular formula is C11H12N4O3. The van der Waals surface area contributed by atoms with Crippen LogP contribution in [0.4, 0.5) is 11.4 Å². The number of fused-ring (bicyclic) bond motifs is 1. The Morgan fingerprint density at radius 3 is 2.94 bits per heavy atom. The van der Waals surface area contributed by atoms with Gasteiger partial charge in [0.2, 0.25) is 0 Å². The van der Waals surface area contributed by atoms with E-state index in [0.717, 1.165) is 0 Å². The Morgan fingerprint density at radius 2 is 2.33 bits per heavy atom. The maximum absolute atomic E-state index is 11.1. The van der Waals surface area contributed by atoms with E-state index in [0.29, 0.717) is 23.3 Å². The van der Waals surface area contributed by atoms with Crippen LogP contribution in [0.2, 0.25) is 0 Å². The van der Waals surface area contributed by atoms with Gasteiger partial charge in [-0.3, -0.25) is 15.1 Å². The summed E-state index contributed by atoms with van der Waals surface area (Å²) in [6.07, 6.45) is 1.56. The second-order valence-corrected chi connectivity index (χ2v) is 3.45. The molecule has 18 heavy (non-hydrogen) atoms. The van der Waals surface area contributed by atoms with Gasteiger partial charge in [0.1, 0.15) is 11.2 Å². The van der Waals surface area contributed by atoms with Crippen LogP contribution in [0.3, 0.4) is 0 Å². The number of anilines is 1. The molecule has 2 heterocycles. The third-order valence-corrected chi connectivity index (χ3v) is 2.40. The number of nitro groups is 1. The summed E-state index contributed by atoms with van der Waals surface area (Å²) in [5.41, 5.74) is 1.13. The molecule has 0 fully saturated rings. The van der Waals surface area contributed by atoms with Crippen molar-refractivity contribution in [3.63, 3.8) is 0 Å². The molecule has 0 unspecified atom stereocenters. The largest absolute Gasteiger partial charge is 0.473 e. The molecule has 0 bridgehead atoms. The first-order valence-corrected chi connectivity index (χ1v) is 5.42. The fourth-order valence-electron chi connectivity index (χ4n) is 1.70. The normalized spacial score (nSPS) is 10.3. The van der Waals surface area contributed by atoms with Crippen LogP contribution in [-0.2, 0) is 0 Å². The molecule has 0 aliphatic carbocycles. The summed E-state index contributed by atoms with van der Waals surface area (Å²) in [4.78, 5) is 18.9. The smallest absolute Gasteiger partial charge is 0.356 e. The van der Waals surface area contributed by atoms with Crippen LogP contribution in [0, 0.1) is 10.1 Å². The lowest BCUT2D eigenvalue weighted by Crippen LogP contribution is -2.05. The van der Waals surface area contributed by atoms with E-state index in [9.17, 15) is 10.1 Å². The molecule has 0 spiro atoms. The number of aromatic nitrogens is 2. The van der Waals surface area contributed by atoms with Crippen molar-refractivity contribution in [1.82, 2.24) is 9.97 Å². The first kappa shape index (κ1) is 12.0. The molecule has 7 nitrogen and oxygen atoms in total. The standard InChI is InChI=1S/C11H12N4O3/c1-3-18-11-10(15(16)17)9(12-2)8-7(14-11)5-4-6-13-8/h4-6H,3H2,1-2H3,(H,12,14). The number of nitrogens with zero attached hydrogens (tertiary/aromatic N) is 3. The van der Waals surface area contributed by atoms with E-state index in [1.54, 1.807) is 32.3 Å². The van der Waals surface area contributed by atoms with E-state index >= 15 is 0 Å². The summed E-state index contributed by atoms with van der Waals surface area (Å²) in [5.74, 6) is 0.00681. The molecule has 0 aliphatic rings. The van der Waals surface area contributed by atoms with Gasteiger partial charge in [-0.05, 0) is 19.1 Å². The van der Waals surface area contributed by atoms with Crippen molar-refractivity contribution >= 4 is 22.4 Å². The summed E-state index contributed by atoms with van der Waals surface area (Å²) in [6, 6.07) is 3.45. The topological polar surface area (TPSA) is 90.2 Å². The summed E-state index contributed by atoms with van der Waals surface area (Å²) in [5, 5.41) is 13.9. The fourth-order valence-corrected chi connectivity index (χ4v) is 1.70. The van der Waals surface area contributed by atoms with Crippen molar-refractivity contribution in [3.05, 3.63) is 28.4 Å². The van der Waals surface area contributed by atoms with Crippen LogP contribution < -0.4 is 10.1 Å². The second kappa shape index (κ2) is 4.82. The lowest BCUT2D eigenvalue weighted by atomic mass is 10.2. The SMILES string of the molecule is CCOc1nc2cccnc2c(NC)c1[N+](=O)[O-]. The molecule has 0 saturated carbocycles. The highest BCUT2D eigenvalue weighted by molar-refractivity contribution is 5.94. The second-order valence-electron chi connectivity index (χ2n) is 3.45. The van der Waals surface area contributed by atoms with Crippen molar-refractivity contribution in [3.8, 4) is 5.88 Å². The number of nitrogens with one attached hydrogen (secondary N) is 1. The van der Waals surface area contributed by atoms with Gasteiger partial charge in [0.05, 0.1) is 17.0 Å². The third kappa shape index (κ3) is 1.90. The summed E-state index contributed by atoms with van der Waals surface area (Å²) in [6.45, 7) is 2.06. The van der Waals surface area contributed by atoms with E-state index in [1.165, 1.54) is 0 Å². The van der Waals surface area contributed by atoms with E-state index in [4.69, 9.17) is 4.74 Å². The van der Waals surface area contributed by atoms with Crippen LogP contribution in [0.25, 0.3) is 11.0 Å². The Kier molecular flexibility index (Phi) is 3.22. The number of ether oxygens (including phenoxy) is 1. The monoisotopic (exact) mass is 248 g/mol.